The first-order valence-electron chi connectivity index (χ1n) is 5.25. The second-order valence-corrected chi connectivity index (χ2v) is 4.78. The zero-order valence-electron chi connectivity index (χ0n) is 9.49. The third-order valence-corrected chi connectivity index (χ3v) is 3.52. The zero-order chi connectivity index (χ0) is 13.5. The summed E-state index contributed by atoms with van der Waals surface area (Å²) in [6.07, 6.45) is 1.01. The summed E-state index contributed by atoms with van der Waals surface area (Å²) in [5.74, 6) is -0.106. The van der Waals surface area contributed by atoms with E-state index in [0.29, 0.717) is 34.4 Å². The summed E-state index contributed by atoms with van der Waals surface area (Å²) in [6, 6.07) is 5.14. The van der Waals surface area contributed by atoms with Gasteiger partial charge in [-0.1, -0.05) is 22.8 Å². The van der Waals surface area contributed by atoms with Crippen LogP contribution in [0.3, 0.4) is 0 Å². The van der Waals surface area contributed by atoms with Crippen LogP contribution in [0.15, 0.2) is 27.8 Å². The van der Waals surface area contributed by atoms with Gasteiger partial charge in [0.05, 0.1) is 10.6 Å². The van der Waals surface area contributed by atoms with Gasteiger partial charge in [0.25, 0.3) is 5.91 Å². The number of rotatable bonds is 5. The van der Waals surface area contributed by atoms with Crippen LogP contribution < -0.4 is 11.1 Å². The number of oxime groups is 1. The highest BCUT2D eigenvalue weighted by Gasteiger charge is 2.11. The molecule has 0 aliphatic carbocycles. The first kappa shape index (κ1) is 14.8. The van der Waals surface area contributed by atoms with Gasteiger partial charge in [0, 0.05) is 17.4 Å². The summed E-state index contributed by atoms with van der Waals surface area (Å²) in [7, 11) is 0. The van der Waals surface area contributed by atoms with Gasteiger partial charge < -0.3 is 16.3 Å². The van der Waals surface area contributed by atoms with Gasteiger partial charge in [-0.25, -0.2) is 0 Å². The van der Waals surface area contributed by atoms with E-state index in [-0.39, 0.29) is 11.7 Å². The Morgan fingerprint density at radius 1 is 1.56 bits per heavy atom. The molecule has 0 aliphatic rings. The van der Waals surface area contributed by atoms with Crippen molar-refractivity contribution >= 4 is 39.3 Å². The molecule has 1 amide bonds. The zero-order valence-corrected chi connectivity index (χ0v) is 11.8. The molecule has 1 aromatic carbocycles. The van der Waals surface area contributed by atoms with Gasteiger partial charge in [-0.2, -0.15) is 0 Å². The molecule has 4 N–H and O–H groups in total. The molecule has 1 rings (SSSR count). The topological polar surface area (TPSA) is 87.7 Å². The van der Waals surface area contributed by atoms with E-state index in [1.54, 1.807) is 18.2 Å². The molecule has 0 aliphatic heterocycles. The maximum Gasteiger partial charge on any atom is 0.252 e. The van der Waals surface area contributed by atoms with Crippen molar-refractivity contribution in [1.29, 1.82) is 0 Å². The van der Waals surface area contributed by atoms with Gasteiger partial charge in [0.1, 0.15) is 5.84 Å². The summed E-state index contributed by atoms with van der Waals surface area (Å²) < 4.78 is 0.675. The Labute approximate surface area is 118 Å². The molecule has 0 heterocycles. The smallest absolute Gasteiger partial charge is 0.252 e. The van der Waals surface area contributed by atoms with Crippen LogP contribution in [0.4, 0.5) is 0 Å². The Kier molecular flexibility index (Phi) is 5.94. The number of amides is 1. The summed E-state index contributed by atoms with van der Waals surface area (Å²) >= 11 is 9.25. The molecule has 0 spiro atoms. The van der Waals surface area contributed by atoms with Crippen molar-refractivity contribution in [3.8, 4) is 0 Å². The quantitative estimate of drug-likeness (QED) is 0.254. The first-order chi connectivity index (χ1) is 8.56. The Morgan fingerprint density at radius 2 is 2.28 bits per heavy atom. The van der Waals surface area contributed by atoms with Crippen molar-refractivity contribution in [2.45, 2.75) is 12.8 Å². The summed E-state index contributed by atoms with van der Waals surface area (Å²) in [6.45, 7) is 0.428. The SMILES string of the molecule is N/C(CCCNC(=O)c1cccc(Br)c1Cl)=N/O. The van der Waals surface area contributed by atoms with Gasteiger partial charge in [0.2, 0.25) is 0 Å². The predicted molar refractivity (Wildman–Crippen MR) is 74.1 cm³/mol. The maximum absolute atomic E-state index is 11.8. The molecule has 0 radical (unpaired) electrons. The van der Waals surface area contributed by atoms with E-state index in [4.69, 9.17) is 22.5 Å². The number of halogens is 2. The molecule has 7 heteroatoms. The Hall–Kier alpha value is -1.27. The normalized spacial score (nSPS) is 11.3. The molecule has 5 nitrogen and oxygen atoms in total. The van der Waals surface area contributed by atoms with E-state index < -0.39 is 0 Å². The van der Waals surface area contributed by atoms with Crippen LogP contribution in [0, 0.1) is 0 Å². The fraction of sp³-hybridized carbons (Fsp3) is 0.273. The molecule has 0 saturated carbocycles. The second-order valence-electron chi connectivity index (χ2n) is 3.55. The van der Waals surface area contributed by atoms with E-state index in [1.807, 2.05) is 0 Å². The van der Waals surface area contributed by atoms with Gasteiger partial charge >= 0.3 is 0 Å². The third-order valence-electron chi connectivity index (χ3n) is 2.22. The number of nitrogens with zero attached hydrogens (tertiary/aromatic N) is 1. The van der Waals surface area contributed by atoms with Crippen LogP contribution >= 0.6 is 27.5 Å². The van der Waals surface area contributed by atoms with Gasteiger partial charge in [0.15, 0.2) is 0 Å². The number of nitrogens with two attached hydrogens (primary N) is 1. The summed E-state index contributed by atoms with van der Waals surface area (Å²) in [5.41, 5.74) is 5.72. The van der Waals surface area contributed by atoms with Crippen LogP contribution in [0.2, 0.25) is 5.02 Å². The number of carbonyl (C=O) groups excluding carboxylic acids is 1. The minimum absolute atomic E-state index is 0.143. The standard InChI is InChI=1S/C11H13BrClN3O2/c12-8-4-1-3-7(10(8)13)11(17)15-6-2-5-9(14)16-18/h1,3-4,18H,2,5-6H2,(H2,14,16)(H,15,17). The minimum atomic E-state index is -0.249. The van der Waals surface area contributed by atoms with Crippen LogP contribution in [0.5, 0.6) is 0 Å². The van der Waals surface area contributed by atoms with Crippen molar-refractivity contribution in [2.24, 2.45) is 10.9 Å². The van der Waals surface area contributed by atoms with Crippen LogP contribution in [-0.4, -0.2) is 23.5 Å². The van der Waals surface area contributed by atoms with Crippen molar-refractivity contribution in [1.82, 2.24) is 5.32 Å². The molecule has 98 valence electrons. The Morgan fingerprint density at radius 3 is 2.94 bits per heavy atom. The largest absolute Gasteiger partial charge is 0.409 e. The lowest BCUT2D eigenvalue weighted by molar-refractivity contribution is 0.0953. The highest BCUT2D eigenvalue weighted by molar-refractivity contribution is 9.10. The molecule has 0 atom stereocenters. The number of hydrogen-bond acceptors (Lipinski definition) is 3. The highest BCUT2D eigenvalue weighted by atomic mass is 79.9. The molecular weight excluding hydrogens is 321 g/mol. The molecule has 0 bridgehead atoms. The average Bonchev–Trinajstić information content (AvgIpc) is 2.37. The van der Waals surface area contributed by atoms with Gasteiger partial charge in [-0.15, -0.1) is 0 Å². The minimum Gasteiger partial charge on any atom is -0.409 e. The van der Waals surface area contributed by atoms with Crippen molar-refractivity contribution in [2.75, 3.05) is 6.54 Å². The lowest BCUT2D eigenvalue weighted by atomic mass is 10.2. The molecule has 0 aromatic heterocycles. The summed E-state index contributed by atoms with van der Waals surface area (Å²) in [4.78, 5) is 11.8. The molecule has 0 saturated heterocycles. The fourth-order valence-electron chi connectivity index (χ4n) is 1.30. The molecular formula is C11H13BrClN3O2. The van der Waals surface area contributed by atoms with E-state index in [9.17, 15) is 4.79 Å². The predicted octanol–water partition coefficient (Wildman–Crippen LogP) is 2.36. The number of nitrogens with one attached hydrogen (secondary N) is 1. The van der Waals surface area contributed by atoms with E-state index >= 15 is 0 Å². The number of amidine groups is 1. The fourth-order valence-corrected chi connectivity index (χ4v) is 1.87. The Bertz CT molecular complexity index is 466. The van der Waals surface area contributed by atoms with E-state index in [2.05, 4.69) is 26.4 Å². The van der Waals surface area contributed by atoms with E-state index in [0.717, 1.165) is 0 Å². The lowest BCUT2D eigenvalue weighted by Gasteiger charge is -2.07. The van der Waals surface area contributed by atoms with Gasteiger partial charge in [-0.3, -0.25) is 4.79 Å². The summed E-state index contributed by atoms with van der Waals surface area (Å²) in [5, 5.41) is 14.3. The second kappa shape index (κ2) is 7.23. The number of hydrogen-bond donors (Lipinski definition) is 3. The van der Waals surface area contributed by atoms with Gasteiger partial charge in [-0.05, 0) is 34.5 Å². The van der Waals surface area contributed by atoms with Crippen LogP contribution in [0.1, 0.15) is 23.2 Å². The first-order valence-corrected chi connectivity index (χ1v) is 6.42. The average molecular weight is 335 g/mol. The maximum atomic E-state index is 11.8. The number of benzene rings is 1. The highest BCUT2D eigenvalue weighted by Crippen LogP contribution is 2.25. The number of carbonyl (C=O) groups is 1. The van der Waals surface area contributed by atoms with Crippen LogP contribution in [0.25, 0.3) is 0 Å². The van der Waals surface area contributed by atoms with E-state index in [1.165, 1.54) is 0 Å². The lowest BCUT2D eigenvalue weighted by Crippen LogP contribution is -2.26. The molecule has 0 fully saturated rings. The monoisotopic (exact) mass is 333 g/mol. The van der Waals surface area contributed by atoms with Crippen molar-refractivity contribution < 1.29 is 10.0 Å². The van der Waals surface area contributed by atoms with Crippen molar-refractivity contribution in [3.63, 3.8) is 0 Å². The third kappa shape index (κ3) is 4.19. The molecule has 1 aromatic rings. The van der Waals surface area contributed by atoms with Crippen LogP contribution in [-0.2, 0) is 0 Å². The van der Waals surface area contributed by atoms with Crippen molar-refractivity contribution in [3.05, 3.63) is 33.3 Å². The molecule has 18 heavy (non-hydrogen) atoms. The Balaban J connectivity index is 2.49. The molecule has 0 unspecified atom stereocenters.